The summed E-state index contributed by atoms with van der Waals surface area (Å²) in [6.07, 6.45) is 0. The van der Waals surface area contributed by atoms with Crippen molar-refractivity contribution in [2.24, 2.45) is 0 Å². The fourth-order valence-corrected chi connectivity index (χ4v) is 1.06. The highest BCUT2D eigenvalue weighted by atomic mass is 17.4. The molecule has 6 nitrogen and oxygen atoms in total. The Kier molecular flexibility index (Phi) is 9.94. The van der Waals surface area contributed by atoms with Crippen LogP contribution in [0.15, 0.2) is 36.4 Å². The Hall–Kier alpha value is -1.02. The molecule has 0 bridgehead atoms. The van der Waals surface area contributed by atoms with Gasteiger partial charge in [-0.2, -0.15) is 19.6 Å². The lowest BCUT2D eigenvalue weighted by atomic mass is 10.2. The Morgan fingerprint density at radius 2 is 0.538 bits per heavy atom. The number of hydrogen-bond acceptors (Lipinski definition) is 6. The molecular formula is C20H36O6. The molecule has 0 spiro atoms. The summed E-state index contributed by atoms with van der Waals surface area (Å²) in [7, 11) is 0. The highest BCUT2D eigenvalue weighted by Crippen LogP contribution is 2.23. The van der Waals surface area contributed by atoms with Gasteiger partial charge in [0.05, 0.1) is 11.2 Å². The van der Waals surface area contributed by atoms with E-state index in [-0.39, 0.29) is 0 Å². The van der Waals surface area contributed by atoms with Crippen LogP contribution in [0.3, 0.4) is 0 Å². The Balaban J connectivity index is 0.000000867. The molecule has 26 heavy (non-hydrogen) atoms. The van der Waals surface area contributed by atoms with Crippen LogP contribution in [0.25, 0.3) is 0 Å². The highest BCUT2D eigenvalue weighted by molar-refractivity contribution is 4.99. The fourth-order valence-electron chi connectivity index (χ4n) is 1.06. The monoisotopic (exact) mass is 372 g/mol. The molecule has 0 N–H and O–H groups in total. The summed E-state index contributed by atoms with van der Waals surface area (Å²) >= 11 is 0. The van der Waals surface area contributed by atoms with E-state index >= 15 is 0 Å². The van der Waals surface area contributed by atoms with Crippen LogP contribution in [0, 0.1) is 0 Å². The van der Waals surface area contributed by atoms with Gasteiger partial charge in [0, 0.05) is 0 Å². The fraction of sp³-hybridized carbons (Fsp3) is 0.700. The van der Waals surface area contributed by atoms with E-state index in [4.69, 9.17) is 29.3 Å². The van der Waals surface area contributed by atoms with Crippen molar-refractivity contribution in [3.63, 3.8) is 0 Å². The maximum Gasteiger partial charge on any atom is 0.228 e. The zero-order chi connectivity index (χ0) is 20.5. The summed E-state index contributed by atoms with van der Waals surface area (Å²) in [6.45, 7) is 17.9. The van der Waals surface area contributed by atoms with Gasteiger partial charge in [0.25, 0.3) is 0 Å². The summed E-state index contributed by atoms with van der Waals surface area (Å²) < 4.78 is 0. The first kappa shape index (κ1) is 25.0. The van der Waals surface area contributed by atoms with Crippen molar-refractivity contribution in [3.05, 3.63) is 36.4 Å². The van der Waals surface area contributed by atoms with Gasteiger partial charge in [0.1, 0.15) is 0 Å². The van der Waals surface area contributed by atoms with Gasteiger partial charge in [-0.25, -0.2) is 9.78 Å². The average Bonchev–Trinajstić information content (AvgIpc) is 2.51. The van der Waals surface area contributed by atoms with Crippen molar-refractivity contribution in [1.82, 2.24) is 0 Å². The van der Waals surface area contributed by atoms with Crippen molar-refractivity contribution in [3.8, 4) is 0 Å². The topological polar surface area (TPSA) is 55.4 Å². The summed E-state index contributed by atoms with van der Waals surface area (Å²) in [5.41, 5.74) is -0.885. The Labute approximate surface area is 158 Å². The van der Waals surface area contributed by atoms with Crippen molar-refractivity contribution in [2.45, 2.75) is 92.0 Å². The van der Waals surface area contributed by atoms with Crippen LogP contribution >= 0.6 is 0 Å². The molecule has 0 aromatic heterocycles. The van der Waals surface area contributed by atoms with Gasteiger partial charge in [-0.15, -0.1) is 0 Å². The van der Waals surface area contributed by atoms with Gasteiger partial charge >= 0.3 is 0 Å². The normalized spacial score (nSPS) is 13.2. The molecule has 0 atom stereocenters. The van der Waals surface area contributed by atoms with Crippen LogP contribution in [0.2, 0.25) is 0 Å². The van der Waals surface area contributed by atoms with E-state index in [0.29, 0.717) is 0 Å². The Morgan fingerprint density at radius 3 is 0.731 bits per heavy atom. The van der Waals surface area contributed by atoms with Crippen molar-refractivity contribution in [2.75, 3.05) is 0 Å². The third-order valence-electron chi connectivity index (χ3n) is 2.09. The molecule has 0 saturated heterocycles. The maximum atomic E-state index is 5.20. The molecule has 0 saturated carbocycles. The Bertz CT molecular complexity index is 415. The first-order valence-electron chi connectivity index (χ1n) is 8.72. The number of benzene rings is 1. The number of hydrogen-bond donors (Lipinski definition) is 0. The van der Waals surface area contributed by atoms with E-state index in [2.05, 4.69) is 0 Å². The van der Waals surface area contributed by atoms with Crippen LogP contribution < -0.4 is 0 Å². The molecule has 152 valence electrons. The second kappa shape index (κ2) is 10.3. The first-order valence-corrected chi connectivity index (χ1v) is 8.72. The minimum absolute atomic E-state index is 0.442. The third-order valence-corrected chi connectivity index (χ3v) is 2.09. The first-order chi connectivity index (χ1) is 11.6. The summed E-state index contributed by atoms with van der Waals surface area (Å²) in [5, 5.41) is 0. The molecule has 0 aliphatic carbocycles. The second-order valence-electron chi connectivity index (χ2n) is 8.68. The van der Waals surface area contributed by atoms with Gasteiger partial charge in [-0.1, -0.05) is 36.4 Å². The molecule has 1 aromatic rings. The predicted molar refractivity (Wildman–Crippen MR) is 101 cm³/mol. The van der Waals surface area contributed by atoms with E-state index in [1.165, 1.54) is 0 Å². The second-order valence-corrected chi connectivity index (χ2v) is 8.68. The van der Waals surface area contributed by atoms with Crippen LogP contribution in [-0.2, 0) is 29.3 Å². The quantitative estimate of drug-likeness (QED) is 0.353. The van der Waals surface area contributed by atoms with Crippen LogP contribution in [-0.4, -0.2) is 22.8 Å². The molecule has 0 amide bonds. The zero-order valence-electron chi connectivity index (χ0n) is 17.9. The lowest BCUT2D eigenvalue weighted by Gasteiger charge is -2.32. The summed E-state index contributed by atoms with van der Waals surface area (Å²) in [5.74, 6) is -2.18. The Morgan fingerprint density at radius 1 is 0.346 bits per heavy atom. The smallest absolute Gasteiger partial charge is 0.228 e. The van der Waals surface area contributed by atoms with Gasteiger partial charge < -0.3 is 0 Å². The molecule has 0 unspecified atom stereocenters. The lowest BCUT2D eigenvalue weighted by molar-refractivity contribution is -0.580. The van der Waals surface area contributed by atoms with E-state index in [1.807, 2.05) is 77.9 Å². The molecule has 0 heterocycles. The molecule has 6 heteroatoms. The molecule has 0 fully saturated rings. The standard InChI is InChI=1S/C14H30O6.C6H6/c1-11(2,3)15-17-13(7,8)19-20-14(9,10)18-16-12(4,5)6;1-2-4-6-5-3-1/h1-10H3;1-6H. The average molecular weight is 373 g/mol. The molecule has 1 aromatic carbocycles. The molecule has 0 aliphatic heterocycles. The van der Waals surface area contributed by atoms with Crippen LogP contribution in [0.4, 0.5) is 0 Å². The van der Waals surface area contributed by atoms with Gasteiger partial charge in [-0.05, 0) is 69.2 Å². The maximum absolute atomic E-state index is 5.20. The summed E-state index contributed by atoms with van der Waals surface area (Å²) in [6, 6.07) is 12.0. The highest BCUT2D eigenvalue weighted by Gasteiger charge is 2.32. The molecule has 0 radical (unpaired) electrons. The van der Waals surface area contributed by atoms with E-state index in [9.17, 15) is 0 Å². The summed E-state index contributed by atoms with van der Waals surface area (Å²) in [4.78, 5) is 31.2. The van der Waals surface area contributed by atoms with Crippen molar-refractivity contribution < 1.29 is 29.3 Å². The SMILES string of the molecule is CC(C)(C)OOC(C)(C)OOC(C)(C)OOC(C)(C)C.c1ccccc1. The zero-order valence-corrected chi connectivity index (χ0v) is 17.9. The van der Waals surface area contributed by atoms with Crippen LogP contribution in [0.5, 0.6) is 0 Å². The van der Waals surface area contributed by atoms with Crippen molar-refractivity contribution in [1.29, 1.82) is 0 Å². The third kappa shape index (κ3) is 16.4. The van der Waals surface area contributed by atoms with E-state index in [0.717, 1.165) is 0 Å². The van der Waals surface area contributed by atoms with E-state index < -0.39 is 22.8 Å². The van der Waals surface area contributed by atoms with Gasteiger partial charge in [-0.3, -0.25) is 0 Å². The van der Waals surface area contributed by atoms with Gasteiger partial charge in [0.2, 0.25) is 11.6 Å². The molecule has 0 aliphatic rings. The lowest BCUT2D eigenvalue weighted by Crippen LogP contribution is -2.39. The largest absolute Gasteiger partial charge is 0.228 e. The minimum atomic E-state index is -1.09. The minimum Gasteiger partial charge on any atom is -0.228 e. The molecule has 1 rings (SSSR count). The van der Waals surface area contributed by atoms with Crippen molar-refractivity contribution >= 4 is 0 Å². The van der Waals surface area contributed by atoms with Crippen LogP contribution in [0.1, 0.15) is 69.2 Å². The molecular weight excluding hydrogens is 336 g/mol. The van der Waals surface area contributed by atoms with Gasteiger partial charge in [0.15, 0.2) is 0 Å². The predicted octanol–water partition coefficient (Wildman–Crippen LogP) is 5.59. The number of rotatable bonds is 7. The van der Waals surface area contributed by atoms with E-state index in [1.54, 1.807) is 27.7 Å².